The molecule has 0 saturated heterocycles. The minimum atomic E-state index is -0.173. The van der Waals surface area contributed by atoms with E-state index in [1.807, 2.05) is 0 Å². The highest BCUT2D eigenvalue weighted by atomic mass is 35.5. The van der Waals surface area contributed by atoms with E-state index < -0.39 is 0 Å². The third kappa shape index (κ3) is 3.72. The highest BCUT2D eigenvalue weighted by Crippen LogP contribution is 2.23. The normalized spacial score (nSPS) is 10.4. The number of hydrogen-bond donors (Lipinski definition) is 1. The number of imidazole rings is 1. The molecule has 122 valence electrons. The van der Waals surface area contributed by atoms with E-state index in [1.165, 1.54) is 0 Å². The van der Waals surface area contributed by atoms with Crippen molar-refractivity contribution in [3.05, 3.63) is 65.8 Å². The van der Waals surface area contributed by atoms with E-state index in [4.69, 9.17) is 16.3 Å². The first-order valence-electron chi connectivity index (χ1n) is 7.22. The summed E-state index contributed by atoms with van der Waals surface area (Å²) in [4.78, 5) is 20.5. The predicted octanol–water partition coefficient (Wildman–Crippen LogP) is 3.11. The number of pyridine rings is 1. The molecule has 1 N–H and O–H groups in total. The van der Waals surface area contributed by atoms with Gasteiger partial charge >= 0.3 is 0 Å². The van der Waals surface area contributed by atoms with Gasteiger partial charge in [-0.2, -0.15) is 0 Å². The van der Waals surface area contributed by atoms with Gasteiger partial charge < -0.3 is 10.1 Å². The molecule has 6 nitrogen and oxygen atoms in total. The Bertz CT molecular complexity index is 832. The lowest BCUT2D eigenvalue weighted by molar-refractivity contribution is -0.115. The van der Waals surface area contributed by atoms with Crippen LogP contribution >= 0.6 is 11.6 Å². The van der Waals surface area contributed by atoms with E-state index in [9.17, 15) is 4.79 Å². The molecule has 0 aliphatic carbocycles. The summed E-state index contributed by atoms with van der Waals surface area (Å²) in [5.41, 5.74) is 1.34. The van der Waals surface area contributed by atoms with Gasteiger partial charge in [0.1, 0.15) is 17.9 Å². The van der Waals surface area contributed by atoms with Crippen LogP contribution in [0.1, 0.15) is 5.56 Å². The van der Waals surface area contributed by atoms with Crippen LogP contribution in [0.3, 0.4) is 0 Å². The number of carbonyl (C=O) groups is 1. The Balaban J connectivity index is 1.68. The first-order valence-corrected chi connectivity index (χ1v) is 7.60. The van der Waals surface area contributed by atoms with Crippen molar-refractivity contribution in [2.45, 2.75) is 6.42 Å². The molecule has 2 heterocycles. The van der Waals surface area contributed by atoms with Crippen LogP contribution in [0.15, 0.2) is 55.2 Å². The summed E-state index contributed by atoms with van der Waals surface area (Å²) in [6.45, 7) is 0. The second-order valence-electron chi connectivity index (χ2n) is 5.06. The maximum Gasteiger partial charge on any atom is 0.228 e. The van der Waals surface area contributed by atoms with Crippen molar-refractivity contribution in [2.75, 3.05) is 12.4 Å². The zero-order valence-electron chi connectivity index (χ0n) is 12.9. The van der Waals surface area contributed by atoms with Gasteiger partial charge in [0.05, 0.1) is 25.4 Å². The maximum absolute atomic E-state index is 12.2. The van der Waals surface area contributed by atoms with Crippen molar-refractivity contribution in [3.63, 3.8) is 0 Å². The minimum absolute atomic E-state index is 0.160. The van der Waals surface area contributed by atoms with Gasteiger partial charge in [0, 0.05) is 23.0 Å². The third-order valence-corrected chi connectivity index (χ3v) is 3.63. The molecule has 1 aromatic carbocycles. The standard InChI is InChI=1S/C17H15ClN4O2/c1-24-15-4-2-13(18)8-12(15)9-17(23)21-14-3-5-16(20-10-14)22-7-6-19-11-22/h2-8,10-11H,9H2,1H3,(H,21,23). The molecule has 0 bridgehead atoms. The van der Waals surface area contributed by atoms with Crippen LogP contribution < -0.4 is 10.1 Å². The zero-order chi connectivity index (χ0) is 16.9. The lowest BCUT2D eigenvalue weighted by Gasteiger charge is -2.10. The van der Waals surface area contributed by atoms with Crippen molar-refractivity contribution in [2.24, 2.45) is 0 Å². The average Bonchev–Trinajstić information content (AvgIpc) is 3.10. The van der Waals surface area contributed by atoms with E-state index in [0.29, 0.717) is 16.5 Å². The van der Waals surface area contributed by atoms with E-state index >= 15 is 0 Å². The fourth-order valence-electron chi connectivity index (χ4n) is 2.27. The molecule has 1 amide bonds. The molecule has 0 atom stereocenters. The van der Waals surface area contributed by atoms with Crippen molar-refractivity contribution >= 4 is 23.2 Å². The average molecular weight is 343 g/mol. The number of halogens is 1. The van der Waals surface area contributed by atoms with Crippen molar-refractivity contribution in [1.29, 1.82) is 0 Å². The molecule has 0 radical (unpaired) electrons. The molecule has 0 aliphatic heterocycles. The molecule has 0 aliphatic rings. The maximum atomic E-state index is 12.2. The van der Waals surface area contributed by atoms with Crippen LogP contribution in [0, 0.1) is 0 Å². The van der Waals surface area contributed by atoms with Gasteiger partial charge in [-0.3, -0.25) is 9.36 Å². The number of amides is 1. The summed E-state index contributed by atoms with van der Waals surface area (Å²) in [7, 11) is 1.56. The molecule has 2 aromatic heterocycles. The molecular weight excluding hydrogens is 328 g/mol. The lowest BCUT2D eigenvalue weighted by Crippen LogP contribution is -2.15. The van der Waals surface area contributed by atoms with E-state index in [0.717, 1.165) is 11.4 Å². The topological polar surface area (TPSA) is 69.0 Å². The van der Waals surface area contributed by atoms with E-state index in [-0.39, 0.29) is 12.3 Å². The van der Waals surface area contributed by atoms with Gasteiger partial charge in [-0.25, -0.2) is 9.97 Å². The first kappa shape index (κ1) is 16.0. The van der Waals surface area contributed by atoms with Gasteiger partial charge in [0.25, 0.3) is 0 Å². The van der Waals surface area contributed by atoms with Crippen LogP contribution in [0.5, 0.6) is 5.75 Å². The van der Waals surface area contributed by atoms with Crippen molar-refractivity contribution in [3.8, 4) is 11.6 Å². The number of methoxy groups -OCH3 is 1. The molecule has 7 heteroatoms. The number of benzene rings is 1. The molecule has 24 heavy (non-hydrogen) atoms. The summed E-state index contributed by atoms with van der Waals surface area (Å²) in [5, 5.41) is 3.37. The summed E-state index contributed by atoms with van der Waals surface area (Å²) in [6, 6.07) is 8.78. The highest BCUT2D eigenvalue weighted by Gasteiger charge is 2.10. The molecule has 3 rings (SSSR count). The lowest BCUT2D eigenvalue weighted by atomic mass is 10.1. The Morgan fingerprint density at radius 2 is 2.21 bits per heavy atom. The number of rotatable bonds is 5. The Morgan fingerprint density at radius 3 is 2.88 bits per heavy atom. The van der Waals surface area contributed by atoms with E-state index in [1.54, 1.807) is 66.9 Å². The monoisotopic (exact) mass is 342 g/mol. The Hall–Kier alpha value is -2.86. The summed E-state index contributed by atoms with van der Waals surface area (Å²) in [5.74, 6) is 1.18. The molecular formula is C17H15ClN4O2. The molecule has 0 spiro atoms. The van der Waals surface area contributed by atoms with Crippen LogP contribution in [0.25, 0.3) is 5.82 Å². The van der Waals surface area contributed by atoms with Crippen molar-refractivity contribution < 1.29 is 9.53 Å². The van der Waals surface area contributed by atoms with Gasteiger partial charge in [-0.05, 0) is 30.3 Å². The molecule has 0 saturated carbocycles. The Morgan fingerprint density at radius 1 is 1.33 bits per heavy atom. The summed E-state index contributed by atoms with van der Waals surface area (Å²) in [6.07, 6.45) is 6.89. The SMILES string of the molecule is COc1ccc(Cl)cc1CC(=O)Nc1ccc(-n2ccnc2)nc1. The molecule has 0 unspecified atom stereocenters. The number of carbonyl (C=O) groups excluding carboxylic acids is 1. The van der Waals surface area contributed by atoms with E-state index in [2.05, 4.69) is 15.3 Å². The Kier molecular flexibility index (Phi) is 4.77. The minimum Gasteiger partial charge on any atom is -0.496 e. The van der Waals surface area contributed by atoms with Gasteiger partial charge in [0.15, 0.2) is 0 Å². The zero-order valence-corrected chi connectivity index (χ0v) is 13.7. The van der Waals surface area contributed by atoms with Crippen LogP contribution in [-0.4, -0.2) is 27.6 Å². The van der Waals surface area contributed by atoms with Crippen LogP contribution in [-0.2, 0) is 11.2 Å². The number of nitrogens with one attached hydrogen (secondary N) is 1. The van der Waals surface area contributed by atoms with Gasteiger partial charge in [-0.1, -0.05) is 11.6 Å². The number of hydrogen-bond acceptors (Lipinski definition) is 4. The second-order valence-corrected chi connectivity index (χ2v) is 5.49. The first-order chi connectivity index (χ1) is 11.7. The molecule has 3 aromatic rings. The Labute approximate surface area is 144 Å². The fourth-order valence-corrected chi connectivity index (χ4v) is 2.47. The van der Waals surface area contributed by atoms with Crippen molar-refractivity contribution in [1.82, 2.24) is 14.5 Å². The number of anilines is 1. The summed E-state index contributed by atoms with van der Waals surface area (Å²) < 4.78 is 7.03. The number of aromatic nitrogens is 3. The largest absolute Gasteiger partial charge is 0.496 e. The smallest absolute Gasteiger partial charge is 0.228 e. The molecule has 0 fully saturated rings. The van der Waals surface area contributed by atoms with Crippen LogP contribution in [0.4, 0.5) is 5.69 Å². The number of nitrogens with zero attached hydrogens (tertiary/aromatic N) is 3. The van der Waals surface area contributed by atoms with Crippen LogP contribution in [0.2, 0.25) is 5.02 Å². The quantitative estimate of drug-likeness (QED) is 0.773. The third-order valence-electron chi connectivity index (χ3n) is 3.39. The van der Waals surface area contributed by atoms with Gasteiger partial charge in [0.2, 0.25) is 5.91 Å². The van der Waals surface area contributed by atoms with Gasteiger partial charge in [-0.15, -0.1) is 0 Å². The second kappa shape index (κ2) is 7.14. The summed E-state index contributed by atoms with van der Waals surface area (Å²) >= 11 is 5.98. The highest BCUT2D eigenvalue weighted by molar-refractivity contribution is 6.30. The fraction of sp³-hybridized carbons (Fsp3) is 0.118. The number of ether oxygens (including phenoxy) is 1. The predicted molar refractivity (Wildman–Crippen MR) is 91.7 cm³/mol.